The second kappa shape index (κ2) is 5.62. The number of hydrogen-bond donors (Lipinski definition) is 2. The van der Waals surface area contributed by atoms with E-state index in [1.807, 2.05) is 13.8 Å². The van der Waals surface area contributed by atoms with Gasteiger partial charge >= 0.3 is 5.97 Å². The second-order valence-corrected chi connectivity index (χ2v) is 3.86. The van der Waals surface area contributed by atoms with Crippen molar-refractivity contribution in [3.63, 3.8) is 0 Å². The van der Waals surface area contributed by atoms with Gasteiger partial charge in [0.15, 0.2) is 0 Å². The van der Waals surface area contributed by atoms with Gasteiger partial charge < -0.3 is 10.4 Å². The van der Waals surface area contributed by atoms with Gasteiger partial charge in [0, 0.05) is 5.92 Å². The van der Waals surface area contributed by atoms with Crippen molar-refractivity contribution in [1.82, 2.24) is 5.32 Å². The average Bonchev–Trinajstić information content (AvgIpc) is 2.11. The van der Waals surface area contributed by atoms with E-state index >= 15 is 0 Å². The largest absolute Gasteiger partial charge is 0.480 e. The first-order chi connectivity index (χ1) is 6.40. The second-order valence-electron chi connectivity index (χ2n) is 3.86. The quantitative estimate of drug-likeness (QED) is 0.703. The minimum Gasteiger partial charge on any atom is -0.480 e. The molecule has 0 rings (SSSR count). The predicted molar refractivity (Wildman–Crippen MR) is 53.9 cm³/mol. The molecule has 2 N–H and O–H groups in total. The highest BCUT2D eigenvalue weighted by molar-refractivity contribution is 5.84. The summed E-state index contributed by atoms with van der Waals surface area (Å²) in [6.45, 7) is 7.21. The van der Waals surface area contributed by atoms with Gasteiger partial charge in [0.2, 0.25) is 5.91 Å². The van der Waals surface area contributed by atoms with E-state index in [1.54, 1.807) is 13.8 Å². The van der Waals surface area contributed by atoms with Gasteiger partial charge in [-0.15, -0.1) is 0 Å². The monoisotopic (exact) mass is 201 g/mol. The van der Waals surface area contributed by atoms with Crippen LogP contribution >= 0.6 is 0 Å². The van der Waals surface area contributed by atoms with Crippen LogP contribution in [0.5, 0.6) is 0 Å². The molecule has 0 saturated heterocycles. The van der Waals surface area contributed by atoms with Gasteiger partial charge in [-0.1, -0.05) is 34.1 Å². The summed E-state index contributed by atoms with van der Waals surface area (Å²) in [4.78, 5) is 22.1. The molecular weight excluding hydrogens is 182 g/mol. The number of amides is 1. The van der Waals surface area contributed by atoms with Crippen molar-refractivity contribution in [2.45, 2.75) is 40.2 Å². The van der Waals surface area contributed by atoms with Crippen LogP contribution in [0.25, 0.3) is 0 Å². The van der Waals surface area contributed by atoms with Crippen molar-refractivity contribution in [3.05, 3.63) is 0 Å². The smallest absolute Gasteiger partial charge is 0.326 e. The number of carboxylic acid groups (broad SMARTS) is 1. The molecule has 1 amide bonds. The van der Waals surface area contributed by atoms with Crippen molar-refractivity contribution in [2.24, 2.45) is 11.8 Å². The van der Waals surface area contributed by atoms with E-state index in [9.17, 15) is 9.59 Å². The Balaban J connectivity index is 4.38. The number of hydrogen-bond acceptors (Lipinski definition) is 2. The molecule has 4 heteroatoms. The van der Waals surface area contributed by atoms with Crippen molar-refractivity contribution < 1.29 is 14.7 Å². The molecule has 0 fully saturated rings. The molecule has 0 saturated carbocycles. The van der Waals surface area contributed by atoms with E-state index in [0.29, 0.717) is 0 Å². The highest BCUT2D eigenvalue weighted by atomic mass is 16.4. The maximum Gasteiger partial charge on any atom is 0.326 e. The molecular formula is C10H19NO3. The van der Waals surface area contributed by atoms with E-state index in [0.717, 1.165) is 6.42 Å². The molecule has 0 aliphatic heterocycles. The molecule has 2 atom stereocenters. The van der Waals surface area contributed by atoms with Crippen LogP contribution in [-0.4, -0.2) is 23.0 Å². The molecule has 0 heterocycles. The van der Waals surface area contributed by atoms with Crippen LogP contribution in [0.2, 0.25) is 0 Å². The summed E-state index contributed by atoms with van der Waals surface area (Å²) in [5, 5.41) is 11.4. The molecule has 0 aliphatic carbocycles. The number of rotatable bonds is 5. The highest BCUT2D eigenvalue weighted by Crippen LogP contribution is 2.08. The lowest BCUT2D eigenvalue weighted by Crippen LogP contribution is -2.46. The molecule has 82 valence electrons. The first-order valence-corrected chi connectivity index (χ1v) is 4.93. The first-order valence-electron chi connectivity index (χ1n) is 4.93. The third kappa shape index (κ3) is 3.77. The fourth-order valence-corrected chi connectivity index (χ4v) is 1.00. The number of carboxylic acids is 1. The number of nitrogens with one attached hydrogen (secondary N) is 1. The van der Waals surface area contributed by atoms with E-state index in [2.05, 4.69) is 5.32 Å². The van der Waals surface area contributed by atoms with Crippen molar-refractivity contribution in [2.75, 3.05) is 0 Å². The lowest BCUT2D eigenvalue weighted by molar-refractivity contribution is -0.143. The zero-order valence-electron chi connectivity index (χ0n) is 9.20. The Bertz CT molecular complexity index is 213. The minimum atomic E-state index is -0.964. The third-order valence-corrected chi connectivity index (χ3v) is 2.30. The van der Waals surface area contributed by atoms with E-state index < -0.39 is 12.0 Å². The fraction of sp³-hybridized carbons (Fsp3) is 0.800. The van der Waals surface area contributed by atoms with Gasteiger partial charge in [-0.25, -0.2) is 4.79 Å². The highest BCUT2D eigenvalue weighted by Gasteiger charge is 2.25. The summed E-state index contributed by atoms with van der Waals surface area (Å²) in [5.41, 5.74) is 0. The third-order valence-electron chi connectivity index (χ3n) is 2.30. The molecule has 0 bridgehead atoms. The van der Waals surface area contributed by atoms with E-state index in [1.165, 1.54) is 0 Å². The molecule has 0 radical (unpaired) electrons. The Morgan fingerprint density at radius 3 is 2.07 bits per heavy atom. The maximum absolute atomic E-state index is 11.3. The van der Waals surface area contributed by atoms with Crippen LogP contribution in [-0.2, 0) is 9.59 Å². The van der Waals surface area contributed by atoms with Gasteiger partial charge in [0.1, 0.15) is 6.04 Å². The van der Waals surface area contributed by atoms with Crippen molar-refractivity contribution in [1.29, 1.82) is 0 Å². The van der Waals surface area contributed by atoms with Crippen molar-refractivity contribution >= 4 is 11.9 Å². The Hall–Kier alpha value is -1.06. The van der Waals surface area contributed by atoms with Gasteiger partial charge in [-0.3, -0.25) is 4.79 Å². The molecule has 0 spiro atoms. The zero-order valence-corrected chi connectivity index (χ0v) is 9.20. The molecule has 4 nitrogen and oxygen atoms in total. The minimum absolute atomic E-state index is 0.0461. The van der Waals surface area contributed by atoms with Crippen LogP contribution in [0.3, 0.4) is 0 Å². The molecule has 0 aliphatic rings. The van der Waals surface area contributed by atoms with Gasteiger partial charge in [0.25, 0.3) is 0 Å². The molecule has 0 aromatic heterocycles. The van der Waals surface area contributed by atoms with Gasteiger partial charge in [0.05, 0.1) is 0 Å². The molecule has 0 aromatic carbocycles. The standard InChI is InChI=1S/C10H19NO3/c1-5-7(4)8(10(13)14)11-9(12)6(2)3/h6-8H,5H2,1-4H3,(H,11,12)(H,13,14). The summed E-state index contributed by atoms with van der Waals surface area (Å²) < 4.78 is 0. The number of carbonyl (C=O) groups excluding carboxylic acids is 1. The SMILES string of the molecule is CCC(C)C(NC(=O)C(C)C)C(=O)O. The Morgan fingerprint density at radius 1 is 1.29 bits per heavy atom. The summed E-state index contributed by atoms with van der Waals surface area (Å²) in [6, 6.07) is -0.769. The normalized spacial score (nSPS) is 14.9. The molecule has 2 unspecified atom stereocenters. The summed E-state index contributed by atoms with van der Waals surface area (Å²) in [7, 11) is 0. The topological polar surface area (TPSA) is 66.4 Å². The van der Waals surface area contributed by atoms with Gasteiger partial charge in [-0.05, 0) is 5.92 Å². The lowest BCUT2D eigenvalue weighted by Gasteiger charge is -2.21. The first kappa shape index (κ1) is 12.9. The van der Waals surface area contributed by atoms with Crippen molar-refractivity contribution in [3.8, 4) is 0 Å². The predicted octanol–water partition coefficient (Wildman–Crippen LogP) is 1.26. The zero-order chi connectivity index (χ0) is 11.3. The Morgan fingerprint density at radius 2 is 1.79 bits per heavy atom. The molecule has 0 aromatic rings. The number of carbonyl (C=O) groups is 2. The van der Waals surface area contributed by atoms with Crippen LogP contribution in [0.1, 0.15) is 34.1 Å². The van der Waals surface area contributed by atoms with Crippen LogP contribution in [0.15, 0.2) is 0 Å². The summed E-state index contributed by atoms with van der Waals surface area (Å²) in [5.74, 6) is -1.40. The number of aliphatic carboxylic acids is 1. The Labute approximate surface area is 84.7 Å². The van der Waals surface area contributed by atoms with E-state index in [-0.39, 0.29) is 17.7 Å². The van der Waals surface area contributed by atoms with E-state index in [4.69, 9.17) is 5.11 Å². The van der Waals surface area contributed by atoms with Crippen LogP contribution in [0, 0.1) is 11.8 Å². The lowest BCUT2D eigenvalue weighted by atomic mass is 9.98. The summed E-state index contributed by atoms with van der Waals surface area (Å²) >= 11 is 0. The summed E-state index contributed by atoms with van der Waals surface area (Å²) in [6.07, 6.45) is 0.731. The van der Waals surface area contributed by atoms with Crippen LogP contribution < -0.4 is 5.32 Å². The van der Waals surface area contributed by atoms with Gasteiger partial charge in [-0.2, -0.15) is 0 Å². The maximum atomic E-state index is 11.3. The average molecular weight is 201 g/mol. The fourth-order valence-electron chi connectivity index (χ4n) is 1.00. The Kier molecular flexibility index (Phi) is 5.20. The molecule has 14 heavy (non-hydrogen) atoms. The van der Waals surface area contributed by atoms with Crippen LogP contribution in [0.4, 0.5) is 0 Å².